The highest BCUT2D eigenvalue weighted by molar-refractivity contribution is 6.32. The predicted molar refractivity (Wildman–Crippen MR) is 130 cm³/mol. The smallest absolute Gasteiger partial charge is 0.416 e. The molecular formula is C25H17ClF3N3O5. The van der Waals surface area contributed by atoms with E-state index in [0.29, 0.717) is 17.8 Å². The lowest BCUT2D eigenvalue weighted by Crippen LogP contribution is -2.13. The molecule has 0 radical (unpaired) electrons. The summed E-state index contributed by atoms with van der Waals surface area (Å²) in [5.41, 5.74) is -0.766. The molecular weight excluding hydrogens is 515 g/mol. The average Bonchev–Trinajstić information content (AvgIpc) is 2.83. The van der Waals surface area contributed by atoms with Gasteiger partial charge in [0.1, 0.15) is 11.6 Å². The van der Waals surface area contributed by atoms with Gasteiger partial charge in [-0.15, -0.1) is 0 Å². The fraction of sp³-hybridized carbons (Fsp3) is 0.120. The number of anilines is 1. The van der Waals surface area contributed by atoms with Crippen LogP contribution in [0.5, 0.6) is 17.2 Å². The van der Waals surface area contributed by atoms with E-state index < -0.39 is 34.0 Å². The normalized spacial score (nSPS) is 11.4. The maximum Gasteiger partial charge on any atom is 0.416 e. The first-order chi connectivity index (χ1) is 17.4. The number of alkyl halides is 3. The molecule has 0 atom stereocenters. The third-order valence-electron chi connectivity index (χ3n) is 4.90. The van der Waals surface area contributed by atoms with Gasteiger partial charge in [0.25, 0.3) is 5.91 Å². The molecule has 3 aromatic rings. The number of nitriles is 1. The van der Waals surface area contributed by atoms with E-state index in [1.165, 1.54) is 25.3 Å². The Morgan fingerprint density at radius 3 is 2.49 bits per heavy atom. The Balaban J connectivity index is 1.95. The molecule has 12 heteroatoms. The molecule has 3 rings (SSSR count). The number of hydrogen-bond donors (Lipinski definition) is 1. The summed E-state index contributed by atoms with van der Waals surface area (Å²) in [5, 5.41) is 23.3. The molecule has 0 aliphatic carbocycles. The first-order valence-corrected chi connectivity index (χ1v) is 10.7. The molecule has 190 valence electrons. The molecule has 0 heterocycles. The van der Waals surface area contributed by atoms with Gasteiger partial charge in [-0.25, -0.2) is 0 Å². The molecule has 1 amide bonds. The number of hydrogen-bond acceptors (Lipinski definition) is 6. The minimum absolute atomic E-state index is 0.0515. The van der Waals surface area contributed by atoms with Gasteiger partial charge in [-0.3, -0.25) is 14.9 Å². The number of aryl methyl sites for hydroxylation is 1. The van der Waals surface area contributed by atoms with Crippen molar-refractivity contribution in [3.8, 4) is 23.3 Å². The van der Waals surface area contributed by atoms with E-state index >= 15 is 0 Å². The van der Waals surface area contributed by atoms with Crippen LogP contribution in [0, 0.1) is 28.4 Å². The lowest BCUT2D eigenvalue weighted by molar-refractivity contribution is -0.385. The SMILES string of the molecule is COc1cc(/C=C(\C#N)C(=O)Nc2cccc(C)c2)cc(Cl)c1Oc1ccc(C(F)(F)F)cc1[N+](=O)[O-]. The number of nitrogens with zero attached hydrogens (tertiary/aromatic N) is 2. The number of nitro groups is 1. The number of ether oxygens (including phenoxy) is 2. The van der Waals surface area contributed by atoms with E-state index in [2.05, 4.69) is 5.32 Å². The van der Waals surface area contributed by atoms with E-state index in [1.807, 2.05) is 13.0 Å². The lowest BCUT2D eigenvalue weighted by Gasteiger charge is -2.14. The number of nitrogens with one attached hydrogen (secondary N) is 1. The van der Waals surface area contributed by atoms with E-state index in [9.17, 15) is 33.3 Å². The second-order valence-electron chi connectivity index (χ2n) is 7.57. The van der Waals surface area contributed by atoms with Crippen molar-refractivity contribution in [3.63, 3.8) is 0 Å². The summed E-state index contributed by atoms with van der Waals surface area (Å²) in [6.07, 6.45) is -3.55. The third-order valence-corrected chi connectivity index (χ3v) is 5.18. The van der Waals surface area contributed by atoms with Gasteiger partial charge in [0.15, 0.2) is 11.5 Å². The Bertz CT molecular complexity index is 1450. The van der Waals surface area contributed by atoms with Crippen LogP contribution in [-0.2, 0) is 11.0 Å². The largest absolute Gasteiger partial charge is 0.493 e. The number of amides is 1. The van der Waals surface area contributed by atoms with Crippen LogP contribution in [0.3, 0.4) is 0 Å². The molecule has 0 aliphatic heterocycles. The molecule has 0 saturated carbocycles. The predicted octanol–water partition coefficient (Wildman–Crippen LogP) is 6.92. The maximum atomic E-state index is 13.0. The Labute approximate surface area is 213 Å². The zero-order valence-corrected chi connectivity index (χ0v) is 20.0. The van der Waals surface area contributed by atoms with Crippen LogP contribution in [0.1, 0.15) is 16.7 Å². The molecule has 0 unspecified atom stereocenters. The topological polar surface area (TPSA) is 114 Å². The minimum atomic E-state index is -4.79. The number of methoxy groups -OCH3 is 1. The van der Waals surface area contributed by atoms with Gasteiger partial charge in [0.2, 0.25) is 5.75 Å². The van der Waals surface area contributed by atoms with Crippen molar-refractivity contribution in [2.24, 2.45) is 0 Å². The fourth-order valence-electron chi connectivity index (χ4n) is 3.19. The van der Waals surface area contributed by atoms with Crippen molar-refractivity contribution in [3.05, 3.63) is 92.0 Å². The van der Waals surface area contributed by atoms with Crippen molar-refractivity contribution < 1.29 is 32.4 Å². The van der Waals surface area contributed by atoms with Gasteiger partial charge in [-0.2, -0.15) is 18.4 Å². The summed E-state index contributed by atoms with van der Waals surface area (Å²) in [7, 11) is 1.24. The second kappa shape index (κ2) is 11.0. The highest BCUT2D eigenvalue weighted by Gasteiger charge is 2.33. The number of halogens is 4. The van der Waals surface area contributed by atoms with Crippen LogP contribution in [0.2, 0.25) is 5.02 Å². The summed E-state index contributed by atoms with van der Waals surface area (Å²) in [5.74, 6) is -1.45. The summed E-state index contributed by atoms with van der Waals surface area (Å²) in [6, 6.07) is 13.2. The van der Waals surface area contributed by atoms with Gasteiger partial charge in [0.05, 0.1) is 22.6 Å². The Hall–Kier alpha value is -4.56. The number of carbonyl (C=O) groups excluding carboxylic acids is 1. The van der Waals surface area contributed by atoms with Crippen LogP contribution in [0.4, 0.5) is 24.5 Å². The number of carbonyl (C=O) groups is 1. The number of benzene rings is 3. The molecule has 0 aliphatic rings. The quantitative estimate of drug-likeness (QED) is 0.153. The Morgan fingerprint density at radius 1 is 1.16 bits per heavy atom. The zero-order chi connectivity index (χ0) is 27.3. The number of rotatable bonds is 7. The van der Waals surface area contributed by atoms with Crippen molar-refractivity contribution in [1.29, 1.82) is 5.26 Å². The molecule has 8 nitrogen and oxygen atoms in total. The molecule has 3 aromatic carbocycles. The van der Waals surface area contributed by atoms with Gasteiger partial charge in [-0.1, -0.05) is 23.7 Å². The molecule has 0 fully saturated rings. The van der Waals surface area contributed by atoms with E-state index in [4.69, 9.17) is 21.1 Å². The van der Waals surface area contributed by atoms with Crippen LogP contribution in [0.15, 0.2) is 60.2 Å². The highest BCUT2D eigenvalue weighted by atomic mass is 35.5. The second-order valence-corrected chi connectivity index (χ2v) is 7.97. The van der Waals surface area contributed by atoms with Crippen molar-refractivity contribution in [1.82, 2.24) is 0 Å². The average molecular weight is 532 g/mol. The summed E-state index contributed by atoms with van der Waals surface area (Å²) >= 11 is 6.28. The van der Waals surface area contributed by atoms with Crippen molar-refractivity contribution >= 4 is 35.0 Å². The highest BCUT2D eigenvalue weighted by Crippen LogP contribution is 2.43. The monoisotopic (exact) mass is 531 g/mol. The molecule has 1 N–H and O–H groups in total. The molecule has 37 heavy (non-hydrogen) atoms. The van der Waals surface area contributed by atoms with Crippen molar-refractivity contribution in [2.75, 3.05) is 12.4 Å². The summed E-state index contributed by atoms with van der Waals surface area (Å²) in [4.78, 5) is 22.9. The summed E-state index contributed by atoms with van der Waals surface area (Å²) in [6.45, 7) is 1.84. The van der Waals surface area contributed by atoms with Crippen LogP contribution >= 0.6 is 11.6 Å². The molecule has 0 saturated heterocycles. The van der Waals surface area contributed by atoms with Crippen molar-refractivity contribution in [2.45, 2.75) is 13.1 Å². The zero-order valence-electron chi connectivity index (χ0n) is 19.2. The van der Waals surface area contributed by atoms with Crippen LogP contribution in [-0.4, -0.2) is 17.9 Å². The first kappa shape index (κ1) is 27.0. The Morgan fingerprint density at radius 2 is 1.89 bits per heavy atom. The molecule has 0 spiro atoms. The van der Waals surface area contributed by atoms with Crippen LogP contribution < -0.4 is 14.8 Å². The first-order valence-electron chi connectivity index (χ1n) is 10.3. The van der Waals surface area contributed by atoms with E-state index in [0.717, 1.165) is 11.6 Å². The van der Waals surface area contributed by atoms with Gasteiger partial charge < -0.3 is 14.8 Å². The third kappa shape index (κ3) is 6.56. The molecule has 0 bridgehead atoms. The molecule has 0 aromatic heterocycles. The Kier molecular flexibility index (Phi) is 8.04. The fourth-order valence-corrected chi connectivity index (χ4v) is 3.45. The van der Waals surface area contributed by atoms with E-state index in [-0.39, 0.29) is 27.7 Å². The van der Waals surface area contributed by atoms with Gasteiger partial charge in [0, 0.05) is 11.8 Å². The van der Waals surface area contributed by atoms with E-state index in [1.54, 1.807) is 24.3 Å². The van der Waals surface area contributed by atoms with Crippen LogP contribution in [0.25, 0.3) is 6.08 Å². The standard InChI is InChI=1S/C25H17ClF3N3O5/c1-14-4-3-5-18(8-14)31-24(33)16(13-30)9-15-10-19(26)23(22(11-15)36-2)37-21-7-6-17(25(27,28)29)12-20(21)32(34)35/h3-12H,1-2H3,(H,31,33)/b16-9+. The van der Waals surface area contributed by atoms with Gasteiger partial charge >= 0.3 is 11.9 Å². The van der Waals surface area contributed by atoms with Gasteiger partial charge in [-0.05, 0) is 60.5 Å². The number of nitro benzene ring substituents is 1. The minimum Gasteiger partial charge on any atom is -0.493 e. The summed E-state index contributed by atoms with van der Waals surface area (Å²) < 4.78 is 49.7. The maximum absolute atomic E-state index is 13.0. The lowest BCUT2D eigenvalue weighted by atomic mass is 10.1.